The molecule has 6 rings (SSSR count). The number of halogens is 2. The zero-order valence-electron chi connectivity index (χ0n) is 22.6. The number of nitrogens with one attached hydrogen (secondary N) is 3. The van der Waals surface area contributed by atoms with Crippen LogP contribution in [0, 0.1) is 5.41 Å². The first-order valence-electron chi connectivity index (χ1n) is 13.8. The molecule has 2 amide bonds. The van der Waals surface area contributed by atoms with Crippen LogP contribution in [0.3, 0.4) is 0 Å². The van der Waals surface area contributed by atoms with Crippen LogP contribution < -0.4 is 16.4 Å². The van der Waals surface area contributed by atoms with E-state index in [1.165, 1.54) is 23.5 Å². The Morgan fingerprint density at radius 2 is 1.88 bits per heavy atom. The van der Waals surface area contributed by atoms with Crippen LogP contribution in [0.25, 0.3) is 16.8 Å². The molecule has 2 atom stereocenters. The van der Waals surface area contributed by atoms with E-state index in [0.29, 0.717) is 29.7 Å². The van der Waals surface area contributed by atoms with Crippen LogP contribution in [0.1, 0.15) is 65.8 Å². The minimum absolute atomic E-state index is 0.00103. The molecular formula is C31H31F2N5O2S. The number of nitrogen functional groups attached to an aromatic ring is 1. The van der Waals surface area contributed by atoms with Gasteiger partial charge in [-0.3, -0.25) is 15.0 Å². The summed E-state index contributed by atoms with van der Waals surface area (Å²) >= 11 is 1.43. The summed E-state index contributed by atoms with van der Waals surface area (Å²) in [5.74, 6) is -3.44. The summed E-state index contributed by atoms with van der Waals surface area (Å²) in [6.45, 7) is 2.38. The van der Waals surface area contributed by atoms with Crippen LogP contribution in [-0.4, -0.2) is 41.7 Å². The van der Waals surface area contributed by atoms with E-state index in [2.05, 4.69) is 10.6 Å². The summed E-state index contributed by atoms with van der Waals surface area (Å²) in [4.78, 5) is 29.0. The van der Waals surface area contributed by atoms with Gasteiger partial charge in [-0.1, -0.05) is 36.4 Å². The van der Waals surface area contributed by atoms with Crippen molar-refractivity contribution in [2.75, 3.05) is 13.1 Å². The van der Waals surface area contributed by atoms with Crippen molar-refractivity contribution in [3.63, 3.8) is 0 Å². The number of likely N-dealkylation sites (tertiary alicyclic amines) is 1. The molecule has 1 aromatic heterocycles. The van der Waals surface area contributed by atoms with Crippen LogP contribution in [0.15, 0.2) is 59.5 Å². The van der Waals surface area contributed by atoms with Gasteiger partial charge in [-0.05, 0) is 67.0 Å². The van der Waals surface area contributed by atoms with Gasteiger partial charge in [-0.25, -0.2) is 0 Å². The highest BCUT2D eigenvalue weighted by molar-refractivity contribution is 7.10. The van der Waals surface area contributed by atoms with Gasteiger partial charge in [0.2, 0.25) is 11.8 Å². The van der Waals surface area contributed by atoms with Gasteiger partial charge in [0.15, 0.2) is 0 Å². The predicted octanol–water partition coefficient (Wildman–Crippen LogP) is 5.12. The van der Waals surface area contributed by atoms with E-state index in [0.717, 1.165) is 41.0 Å². The number of rotatable bonds is 8. The lowest BCUT2D eigenvalue weighted by molar-refractivity contribution is -0.137. The summed E-state index contributed by atoms with van der Waals surface area (Å²) in [5.41, 5.74) is 9.99. The Balaban J connectivity index is 1.14. The highest BCUT2D eigenvalue weighted by Crippen LogP contribution is 2.51. The molecule has 1 aliphatic heterocycles. The molecule has 2 aliphatic carbocycles. The van der Waals surface area contributed by atoms with Crippen LogP contribution in [0.5, 0.6) is 0 Å². The van der Waals surface area contributed by atoms with Crippen molar-refractivity contribution in [2.24, 2.45) is 5.73 Å². The van der Waals surface area contributed by atoms with Crippen LogP contribution in [0.4, 0.5) is 8.78 Å². The number of hydrogen-bond donors (Lipinski definition) is 4. The van der Waals surface area contributed by atoms with Crippen LogP contribution in [0.2, 0.25) is 0 Å². The molecular weight excluding hydrogens is 544 g/mol. The lowest BCUT2D eigenvalue weighted by Gasteiger charge is -2.26. The second-order valence-electron chi connectivity index (χ2n) is 10.8. The number of thiophene rings is 1. The van der Waals surface area contributed by atoms with Gasteiger partial charge in [0.1, 0.15) is 11.9 Å². The fourth-order valence-corrected chi connectivity index (χ4v) is 6.70. The predicted molar refractivity (Wildman–Crippen MR) is 156 cm³/mol. The zero-order valence-corrected chi connectivity index (χ0v) is 23.4. The highest BCUT2D eigenvalue weighted by atomic mass is 32.1. The molecule has 41 heavy (non-hydrogen) atoms. The van der Waals surface area contributed by atoms with E-state index in [-0.39, 0.29) is 41.4 Å². The Bertz CT molecular complexity index is 1590. The van der Waals surface area contributed by atoms with E-state index < -0.39 is 12.0 Å². The number of amides is 2. The SMILES string of the molecule is C[C@@H](NC(=O)C1CCCN1C(=O)CNC(=C1CC1)c1ccc2c(c1)-c1ccccc1C2(F)F)c1cc(C(=N)N)cs1. The monoisotopic (exact) mass is 575 g/mol. The molecule has 212 valence electrons. The summed E-state index contributed by atoms with van der Waals surface area (Å²) < 4.78 is 30.1. The molecule has 3 aliphatic rings. The number of amidine groups is 1. The topological polar surface area (TPSA) is 111 Å². The zero-order chi connectivity index (χ0) is 28.9. The summed E-state index contributed by atoms with van der Waals surface area (Å²) in [5, 5.41) is 15.7. The maximum atomic E-state index is 15.0. The van der Waals surface area contributed by atoms with Crippen molar-refractivity contribution in [3.8, 4) is 11.1 Å². The van der Waals surface area contributed by atoms with E-state index in [1.807, 2.05) is 6.92 Å². The largest absolute Gasteiger partial charge is 0.384 e. The number of fused-ring (bicyclic) bond motifs is 3. The summed E-state index contributed by atoms with van der Waals surface area (Å²) in [6.07, 6.45) is 3.10. The molecule has 10 heteroatoms. The standard InChI is InChI=1S/C31H31F2N5O2S/c1-17(26-14-20(16-41-26)29(34)35)37-30(40)25-7-4-12-38(25)27(39)15-36-28(18-8-9-18)19-10-11-24-22(13-19)21-5-2-3-6-23(21)31(24,32)33/h2-3,5-6,10-11,13-14,16-17,25,36H,4,7-9,12,15H2,1H3,(H3,34,35)(H,37,40)/t17-,25?/m1/s1. The number of hydrogen-bond acceptors (Lipinski definition) is 5. The lowest BCUT2D eigenvalue weighted by atomic mass is 10.0. The molecule has 0 bridgehead atoms. The van der Waals surface area contributed by atoms with E-state index in [4.69, 9.17) is 11.1 Å². The molecule has 2 fully saturated rings. The van der Waals surface area contributed by atoms with E-state index >= 15 is 8.78 Å². The third-order valence-electron chi connectivity index (χ3n) is 8.06. The Labute approximate surface area is 240 Å². The molecule has 2 heterocycles. The van der Waals surface area contributed by atoms with Gasteiger partial charge in [-0.2, -0.15) is 8.78 Å². The molecule has 5 N–H and O–H groups in total. The van der Waals surface area contributed by atoms with Crippen molar-refractivity contribution in [1.29, 1.82) is 5.41 Å². The minimum Gasteiger partial charge on any atom is -0.384 e. The maximum absolute atomic E-state index is 15.0. The minimum atomic E-state index is -3.04. The van der Waals surface area contributed by atoms with Crippen molar-refractivity contribution in [2.45, 2.75) is 50.6 Å². The normalized spacial score (nSPS) is 18.9. The van der Waals surface area contributed by atoms with Gasteiger partial charge in [-0.15, -0.1) is 11.3 Å². The maximum Gasteiger partial charge on any atom is 0.299 e. The molecule has 7 nitrogen and oxygen atoms in total. The number of nitrogens with zero attached hydrogens (tertiary/aromatic N) is 1. The Hall–Kier alpha value is -4.05. The quantitative estimate of drug-likeness (QED) is 0.221. The number of nitrogens with two attached hydrogens (primary N) is 1. The Morgan fingerprint density at radius 1 is 1.12 bits per heavy atom. The number of carbonyl (C=O) groups is 2. The third kappa shape index (κ3) is 5.01. The van der Waals surface area contributed by atoms with Gasteiger partial charge in [0.25, 0.3) is 5.92 Å². The molecule has 1 saturated heterocycles. The number of alkyl halides is 2. The highest BCUT2D eigenvalue weighted by Gasteiger charge is 2.44. The van der Waals surface area contributed by atoms with Gasteiger partial charge in [0, 0.05) is 39.2 Å². The first-order valence-corrected chi connectivity index (χ1v) is 14.6. The van der Waals surface area contributed by atoms with Crippen molar-refractivity contribution >= 4 is 34.7 Å². The van der Waals surface area contributed by atoms with Crippen LogP contribution in [-0.2, 0) is 15.5 Å². The molecule has 1 unspecified atom stereocenters. The Kier molecular flexibility index (Phi) is 6.89. The average Bonchev–Trinajstić information content (AvgIpc) is 3.37. The fraction of sp³-hybridized carbons (Fsp3) is 0.323. The second-order valence-corrected chi connectivity index (χ2v) is 11.8. The fourth-order valence-electron chi connectivity index (χ4n) is 5.78. The number of allylic oxidation sites excluding steroid dienone is 1. The van der Waals surface area contributed by atoms with Gasteiger partial charge < -0.3 is 21.3 Å². The third-order valence-corrected chi connectivity index (χ3v) is 9.18. The first-order chi connectivity index (χ1) is 19.6. The molecule has 0 spiro atoms. The molecule has 2 aromatic carbocycles. The first kappa shape index (κ1) is 27.1. The molecule has 3 aromatic rings. The van der Waals surface area contributed by atoms with Crippen molar-refractivity contribution in [1.82, 2.24) is 15.5 Å². The van der Waals surface area contributed by atoms with Crippen LogP contribution >= 0.6 is 11.3 Å². The Morgan fingerprint density at radius 3 is 2.61 bits per heavy atom. The van der Waals surface area contributed by atoms with Gasteiger partial charge >= 0.3 is 0 Å². The molecule has 1 saturated carbocycles. The average molecular weight is 576 g/mol. The molecule has 0 radical (unpaired) electrons. The summed E-state index contributed by atoms with van der Waals surface area (Å²) in [7, 11) is 0. The smallest absolute Gasteiger partial charge is 0.299 e. The van der Waals surface area contributed by atoms with E-state index in [9.17, 15) is 9.59 Å². The second kappa shape index (κ2) is 10.4. The van der Waals surface area contributed by atoms with Crippen molar-refractivity contribution < 1.29 is 18.4 Å². The van der Waals surface area contributed by atoms with E-state index in [1.54, 1.807) is 46.7 Å². The summed E-state index contributed by atoms with van der Waals surface area (Å²) in [6, 6.07) is 12.5. The lowest BCUT2D eigenvalue weighted by Crippen LogP contribution is -2.48. The number of benzene rings is 2. The number of carbonyl (C=O) groups excluding carboxylic acids is 2. The van der Waals surface area contributed by atoms with Gasteiger partial charge in [0.05, 0.1) is 12.6 Å². The van der Waals surface area contributed by atoms with Crippen molar-refractivity contribution in [3.05, 3.63) is 86.6 Å².